The Morgan fingerprint density at radius 2 is 1.32 bits per heavy atom. The Bertz CT molecular complexity index is 867. The molecule has 0 bridgehead atoms. The predicted molar refractivity (Wildman–Crippen MR) is 105 cm³/mol. The molecule has 3 aromatic rings. The maximum absolute atomic E-state index is 12.6. The fourth-order valence-electron chi connectivity index (χ4n) is 2.58. The smallest absolute Gasteiger partial charge is 0.193 e. The van der Waals surface area contributed by atoms with Crippen molar-refractivity contribution in [2.75, 3.05) is 11.5 Å². The van der Waals surface area contributed by atoms with Crippen molar-refractivity contribution < 1.29 is 4.79 Å². The lowest BCUT2D eigenvalue weighted by Gasteiger charge is -2.06. The van der Waals surface area contributed by atoms with E-state index in [9.17, 15) is 4.79 Å². The third kappa shape index (κ3) is 4.22. The maximum atomic E-state index is 12.6. The average Bonchev–Trinajstić information content (AvgIpc) is 2.61. The van der Waals surface area contributed by atoms with Crippen molar-refractivity contribution in [2.45, 2.75) is 23.1 Å². The van der Waals surface area contributed by atoms with Crippen LogP contribution < -0.4 is 11.5 Å². The van der Waals surface area contributed by atoms with Gasteiger partial charge in [-0.3, -0.25) is 4.79 Å². The lowest BCUT2D eigenvalue weighted by atomic mass is 10.0. The van der Waals surface area contributed by atoms with E-state index in [4.69, 9.17) is 11.5 Å². The number of rotatable bonds is 5. The van der Waals surface area contributed by atoms with E-state index in [0.717, 1.165) is 11.3 Å². The molecule has 3 nitrogen and oxygen atoms in total. The topological polar surface area (TPSA) is 69.1 Å². The van der Waals surface area contributed by atoms with E-state index in [1.165, 1.54) is 10.5 Å². The number of ketones is 1. The van der Waals surface area contributed by atoms with Crippen LogP contribution in [0.15, 0.2) is 76.5 Å². The molecule has 0 unspecified atom stereocenters. The van der Waals surface area contributed by atoms with Gasteiger partial charge in [-0.2, -0.15) is 0 Å². The van der Waals surface area contributed by atoms with Crippen molar-refractivity contribution in [1.29, 1.82) is 0 Å². The van der Waals surface area contributed by atoms with Gasteiger partial charge in [0.05, 0.1) is 0 Å². The molecule has 0 radical (unpaired) electrons. The summed E-state index contributed by atoms with van der Waals surface area (Å²) in [7, 11) is 0. The summed E-state index contributed by atoms with van der Waals surface area (Å²) in [6.45, 7) is 2.14. The van der Waals surface area contributed by atoms with Crippen LogP contribution in [0.4, 0.5) is 11.4 Å². The van der Waals surface area contributed by atoms with Gasteiger partial charge < -0.3 is 11.5 Å². The fourth-order valence-corrected chi connectivity index (χ4v) is 3.39. The van der Waals surface area contributed by atoms with Gasteiger partial charge in [0, 0.05) is 32.3 Å². The first-order valence-corrected chi connectivity index (χ1v) is 8.94. The number of nitrogen functional groups attached to an aromatic ring is 2. The molecular formula is C21H20N2OS. The van der Waals surface area contributed by atoms with E-state index < -0.39 is 0 Å². The van der Waals surface area contributed by atoms with Crippen molar-refractivity contribution in [3.05, 3.63) is 83.4 Å². The zero-order valence-corrected chi connectivity index (χ0v) is 14.8. The normalized spacial score (nSPS) is 10.6. The summed E-state index contributed by atoms with van der Waals surface area (Å²) in [6, 6.07) is 21.1. The van der Waals surface area contributed by atoms with Crippen LogP contribution in [-0.4, -0.2) is 5.78 Å². The minimum absolute atomic E-state index is 0.0807. The molecule has 0 amide bonds. The van der Waals surface area contributed by atoms with E-state index in [1.807, 2.05) is 24.3 Å². The Morgan fingerprint density at radius 1 is 0.800 bits per heavy atom. The molecule has 0 aliphatic carbocycles. The predicted octanol–water partition coefficient (Wildman–Crippen LogP) is 4.80. The fraction of sp³-hybridized carbons (Fsp3) is 0.0952. The van der Waals surface area contributed by atoms with Crippen LogP contribution in [0.3, 0.4) is 0 Å². The minimum Gasteiger partial charge on any atom is -0.399 e. The van der Waals surface area contributed by atoms with Crippen molar-refractivity contribution in [3.63, 3.8) is 0 Å². The van der Waals surface area contributed by atoms with Crippen LogP contribution in [0.2, 0.25) is 0 Å². The lowest BCUT2D eigenvalue weighted by molar-refractivity contribution is 0.103. The summed E-state index contributed by atoms with van der Waals surface area (Å²) in [4.78, 5) is 14.8. The summed E-state index contributed by atoms with van der Waals surface area (Å²) in [5.74, 6) is -0.0807. The van der Waals surface area contributed by atoms with E-state index in [2.05, 4.69) is 31.2 Å². The third-order valence-electron chi connectivity index (χ3n) is 3.92. The number of hydrogen-bond donors (Lipinski definition) is 2. The highest BCUT2D eigenvalue weighted by atomic mass is 32.2. The molecule has 0 saturated heterocycles. The molecule has 25 heavy (non-hydrogen) atoms. The van der Waals surface area contributed by atoms with Gasteiger partial charge in [0.1, 0.15) is 0 Å². The second kappa shape index (κ2) is 7.45. The maximum Gasteiger partial charge on any atom is 0.193 e. The summed E-state index contributed by atoms with van der Waals surface area (Å²) in [5, 5.41) is 0. The van der Waals surface area contributed by atoms with Gasteiger partial charge in [-0.25, -0.2) is 0 Å². The Hall–Kier alpha value is -2.72. The molecule has 126 valence electrons. The van der Waals surface area contributed by atoms with E-state index in [1.54, 1.807) is 30.0 Å². The summed E-state index contributed by atoms with van der Waals surface area (Å²) in [6.07, 6.45) is 1.04. The SMILES string of the molecule is CCc1ccc(Sc2ccc(C(=O)c3cc(N)cc(N)c3)cc2)cc1. The first-order chi connectivity index (χ1) is 12.0. The molecule has 0 fully saturated rings. The van der Waals surface area contributed by atoms with Crippen LogP contribution in [0.5, 0.6) is 0 Å². The van der Waals surface area contributed by atoms with Crippen LogP contribution >= 0.6 is 11.8 Å². The first kappa shape index (κ1) is 17.1. The number of nitrogens with two attached hydrogens (primary N) is 2. The Morgan fingerprint density at radius 3 is 1.84 bits per heavy atom. The highest BCUT2D eigenvalue weighted by molar-refractivity contribution is 7.99. The molecule has 0 aliphatic rings. The number of aryl methyl sites for hydroxylation is 1. The summed E-state index contributed by atoms with van der Waals surface area (Å²) < 4.78 is 0. The standard InChI is InChI=1S/C21H20N2OS/c1-2-14-3-7-19(8-4-14)25-20-9-5-15(6-10-20)21(24)16-11-17(22)13-18(23)12-16/h3-13H,2,22-23H2,1H3. The second-order valence-electron chi connectivity index (χ2n) is 5.84. The molecule has 0 aromatic heterocycles. The van der Waals surface area contributed by atoms with Crippen molar-refractivity contribution in [1.82, 2.24) is 0 Å². The molecule has 4 N–H and O–H groups in total. The quantitative estimate of drug-likeness (QED) is 0.513. The highest BCUT2D eigenvalue weighted by Gasteiger charge is 2.10. The van der Waals surface area contributed by atoms with Crippen LogP contribution in [0, 0.1) is 0 Å². The van der Waals surface area contributed by atoms with E-state index >= 15 is 0 Å². The molecule has 0 aliphatic heterocycles. The first-order valence-electron chi connectivity index (χ1n) is 8.13. The molecule has 3 rings (SSSR count). The van der Waals surface area contributed by atoms with Gasteiger partial charge in [-0.15, -0.1) is 0 Å². The number of benzene rings is 3. The summed E-state index contributed by atoms with van der Waals surface area (Å²) in [5.41, 5.74) is 15.0. The Balaban J connectivity index is 1.75. The Labute approximate surface area is 152 Å². The number of carbonyl (C=O) groups excluding carboxylic acids is 1. The van der Waals surface area contributed by atoms with Crippen molar-refractivity contribution >= 4 is 28.9 Å². The van der Waals surface area contributed by atoms with Gasteiger partial charge in [0.2, 0.25) is 0 Å². The van der Waals surface area contributed by atoms with Crippen molar-refractivity contribution in [2.24, 2.45) is 0 Å². The van der Waals surface area contributed by atoms with Gasteiger partial charge in [-0.05, 0) is 66.6 Å². The second-order valence-corrected chi connectivity index (χ2v) is 6.99. The number of carbonyl (C=O) groups is 1. The Kier molecular flexibility index (Phi) is 5.10. The summed E-state index contributed by atoms with van der Waals surface area (Å²) >= 11 is 1.68. The molecule has 0 atom stereocenters. The molecule has 4 heteroatoms. The third-order valence-corrected chi connectivity index (χ3v) is 4.94. The zero-order valence-electron chi connectivity index (χ0n) is 14.0. The van der Waals surface area contributed by atoms with Crippen LogP contribution in [0.1, 0.15) is 28.4 Å². The minimum atomic E-state index is -0.0807. The van der Waals surface area contributed by atoms with Crippen molar-refractivity contribution in [3.8, 4) is 0 Å². The van der Waals surface area contributed by atoms with Gasteiger partial charge in [-0.1, -0.05) is 30.8 Å². The van der Waals surface area contributed by atoms with Crippen LogP contribution in [0.25, 0.3) is 0 Å². The molecule has 3 aromatic carbocycles. The van der Waals surface area contributed by atoms with Crippen LogP contribution in [-0.2, 0) is 6.42 Å². The lowest BCUT2D eigenvalue weighted by Crippen LogP contribution is -2.03. The highest BCUT2D eigenvalue weighted by Crippen LogP contribution is 2.28. The van der Waals surface area contributed by atoms with Gasteiger partial charge >= 0.3 is 0 Å². The monoisotopic (exact) mass is 348 g/mol. The van der Waals surface area contributed by atoms with E-state index in [-0.39, 0.29) is 5.78 Å². The molecule has 0 saturated carbocycles. The van der Waals surface area contributed by atoms with E-state index in [0.29, 0.717) is 22.5 Å². The molecule has 0 heterocycles. The zero-order chi connectivity index (χ0) is 17.8. The molecular weight excluding hydrogens is 328 g/mol. The number of hydrogen-bond acceptors (Lipinski definition) is 4. The van der Waals surface area contributed by atoms with Gasteiger partial charge in [0.25, 0.3) is 0 Å². The largest absolute Gasteiger partial charge is 0.399 e. The molecule has 0 spiro atoms. The average molecular weight is 348 g/mol. The number of anilines is 2. The van der Waals surface area contributed by atoms with Gasteiger partial charge in [0.15, 0.2) is 5.78 Å².